The largest absolute Gasteiger partial charge is 0.508 e. The van der Waals surface area contributed by atoms with Crippen molar-refractivity contribution in [2.45, 2.75) is 32.3 Å². The highest BCUT2D eigenvalue weighted by molar-refractivity contribution is 5.94. The number of phenols is 1. The lowest BCUT2D eigenvalue weighted by atomic mass is 10.0. The Morgan fingerprint density at radius 1 is 1.35 bits per heavy atom. The van der Waals surface area contributed by atoms with Crippen molar-refractivity contribution in [1.82, 2.24) is 5.32 Å². The van der Waals surface area contributed by atoms with E-state index in [0.717, 1.165) is 6.42 Å². The van der Waals surface area contributed by atoms with Crippen molar-refractivity contribution >= 4 is 5.91 Å². The molecule has 1 atom stereocenters. The summed E-state index contributed by atoms with van der Waals surface area (Å²) in [5.41, 5.74) is -0.406. The molecular weight excluding hydrogens is 218 g/mol. The van der Waals surface area contributed by atoms with E-state index < -0.39 is 5.60 Å². The van der Waals surface area contributed by atoms with Crippen molar-refractivity contribution in [2.24, 2.45) is 0 Å². The van der Waals surface area contributed by atoms with Crippen molar-refractivity contribution < 1.29 is 15.0 Å². The predicted octanol–water partition coefficient (Wildman–Crippen LogP) is 1.67. The normalized spacial score (nSPS) is 14.1. The van der Waals surface area contributed by atoms with Crippen LogP contribution in [0.25, 0.3) is 0 Å². The number of carbonyl (C=O) groups is 1. The van der Waals surface area contributed by atoms with Gasteiger partial charge in [-0.1, -0.05) is 13.3 Å². The van der Waals surface area contributed by atoms with Gasteiger partial charge in [-0.05, 0) is 37.6 Å². The molecule has 4 nitrogen and oxygen atoms in total. The molecule has 0 spiro atoms. The van der Waals surface area contributed by atoms with Crippen molar-refractivity contribution in [3.05, 3.63) is 29.8 Å². The third-order valence-corrected chi connectivity index (χ3v) is 2.55. The molecule has 17 heavy (non-hydrogen) atoms. The van der Waals surface area contributed by atoms with Crippen LogP contribution < -0.4 is 5.32 Å². The minimum absolute atomic E-state index is 0.125. The van der Waals surface area contributed by atoms with E-state index >= 15 is 0 Å². The highest BCUT2D eigenvalue weighted by atomic mass is 16.3. The summed E-state index contributed by atoms with van der Waals surface area (Å²) in [6.07, 6.45) is 1.50. The summed E-state index contributed by atoms with van der Waals surface area (Å²) >= 11 is 0. The Kier molecular flexibility index (Phi) is 4.52. The van der Waals surface area contributed by atoms with Gasteiger partial charge in [0, 0.05) is 12.1 Å². The Balaban J connectivity index is 2.53. The Labute approximate surface area is 101 Å². The molecular formula is C13H19NO3. The summed E-state index contributed by atoms with van der Waals surface area (Å²) in [5.74, 6) is -0.124. The molecule has 0 aliphatic carbocycles. The SMILES string of the molecule is CCCC(C)(O)CNC(=O)c1ccc(O)cc1. The second-order valence-corrected chi connectivity index (χ2v) is 4.48. The van der Waals surface area contributed by atoms with Crippen LogP contribution in [-0.4, -0.2) is 28.3 Å². The summed E-state index contributed by atoms with van der Waals surface area (Å²) in [4.78, 5) is 11.7. The lowest BCUT2D eigenvalue weighted by Crippen LogP contribution is -2.40. The van der Waals surface area contributed by atoms with Gasteiger partial charge in [0.1, 0.15) is 5.75 Å². The van der Waals surface area contributed by atoms with Gasteiger partial charge in [-0.2, -0.15) is 0 Å². The molecule has 0 heterocycles. The smallest absolute Gasteiger partial charge is 0.251 e. The highest BCUT2D eigenvalue weighted by Crippen LogP contribution is 2.12. The molecule has 0 radical (unpaired) electrons. The molecule has 3 N–H and O–H groups in total. The van der Waals surface area contributed by atoms with Crippen LogP contribution in [0, 0.1) is 0 Å². The summed E-state index contributed by atoms with van der Waals surface area (Å²) in [7, 11) is 0. The average Bonchev–Trinajstić information content (AvgIpc) is 2.27. The van der Waals surface area contributed by atoms with Crippen LogP contribution in [0.15, 0.2) is 24.3 Å². The van der Waals surface area contributed by atoms with Gasteiger partial charge in [0.15, 0.2) is 0 Å². The topological polar surface area (TPSA) is 69.6 Å². The number of aromatic hydroxyl groups is 1. The average molecular weight is 237 g/mol. The molecule has 0 saturated carbocycles. The van der Waals surface area contributed by atoms with Crippen molar-refractivity contribution in [2.75, 3.05) is 6.54 Å². The number of nitrogens with one attached hydrogen (secondary N) is 1. The van der Waals surface area contributed by atoms with Crippen LogP contribution in [0.5, 0.6) is 5.75 Å². The standard InChI is InChI=1S/C13H19NO3/c1-3-8-13(2,17)9-14-12(16)10-4-6-11(15)7-5-10/h4-7,15,17H,3,8-9H2,1-2H3,(H,14,16). The Hall–Kier alpha value is -1.55. The fourth-order valence-corrected chi connectivity index (χ4v) is 1.61. The summed E-state index contributed by atoms with van der Waals surface area (Å²) in [6, 6.07) is 6.00. The molecule has 0 saturated heterocycles. The molecule has 94 valence electrons. The lowest BCUT2D eigenvalue weighted by Gasteiger charge is -2.22. The Bertz CT molecular complexity index is 371. The van der Waals surface area contributed by atoms with Crippen LogP contribution in [0.3, 0.4) is 0 Å². The van der Waals surface area contributed by atoms with Gasteiger partial charge in [0.05, 0.1) is 5.60 Å². The minimum atomic E-state index is -0.874. The van der Waals surface area contributed by atoms with Crippen LogP contribution >= 0.6 is 0 Å². The maximum absolute atomic E-state index is 11.7. The fraction of sp³-hybridized carbons (Fsp3) is 0.462. The van der Waals surface area contributed by atoms with E-state index in [9.17, 15) is 9.90 Å². The number of rotatable bonds is 5. The molecule has 0 aromatic heterocycles. The molecule has 0 bridgehead atoms. The highest BCUT2D eigenvalue weighted by Gasteiger charge is 2.20. The molecule has 4 heteroatoms. The molecule has 1 aromatic rings. The number of carbonyl (C=O) groups excluding carboxylic acids is 1. The zero-order valence-electron chi connectivity index (χ0n) is 10.2. The molecule has 1 amide bonds. The summed E-state index contributed by atoms with van der Waals surface area (Å²) in [6.45, 7) is 3.91. The molecule has 1 rings (SSSR count). The second kappa shape index (κ2) is 5.68. The first-order valence-electron chi connectivity index (χ1n) is 5.74. The number of hydrogen-bond donors (Lipinski definition) is 3. The molecule has 0 aliphatic rings. The quantitative estimate of drug-likeness (QED) is 0.729. The van der Waals surface area contributed by atoms with E-state index in [4.69, 9.17) is 5.11 Å². The van der Waals surface area contributed by atoms with E-state index in [1.54, 1.807) is 19.1 Å². The third kappa shape index (κ3) is 4.44. The zero-order valence-corrected chi connectivity index (χ0v) is 10.2. The second-order valence-electron chi connectivity index (χ2n) is 4.48. The number of hydrogen-bond acceptors (Lipinski definition) is 3. The van der Waals surface area contributed by atoms with Gasteiger partial charge in [-0.3, -0.25) is 4.79 Å². The first kappa shape index (κ1) is 13.5. The summed E-state index contributed by atoms with van der Waals surface area (Å²) < 4.78 is 0. The monoisotopic (exact) mass is 237 g/mol. The maximum atomic E-state index is 11.7. The van der Waals surface area contributed by atoms with Gasteiger partial charge in [-0.15, -0.1) is 0 Å². The minimum Gasteiger partial charge on any atom is -0.508 e. The van der Waals surface area contributed by atoms with Crippen molar-refractivity contribution in [3.8, 4) is 5.75 Å². The Morgan fingerprint density at radius 2 is 1.94 bits per heavy atom. The fourth-order valence-electron chi connectivity index (χ4n) is 1.61. The van der Waals surface area contributed by atoms with E-state index in [2.05, 4.69) is 5.32 Å². The van der Waals surface area contributed by atoms with E-state index in [0.29, 0.717) is 12.0 Å². The first-order valence-corrected chi connectivity index (χ1v) is 5.74. The van der Waals surface area contributed by atoms with Gasteiger partial charge < -0.3 is 15.5 Å². The molecule has 0 fully saturated rings. The van der Waals surface area contributed by atoms with Gasteiger partial charge in [0.25, 0.3) is 5.91 Å². The number of aliphatic hydroxyl groups is 1. The number of phenolic OH excluding ortho intramolecular Hbond substituents is 1. The van der Waals surface area contributed by atoms with Crippen molar-refractivity contribution in [3.63, 3.8) is 0 Å². The molecule has 0 aliphatic heterocycles. The number of benzene rings is 1. The molecule has 1 aromatic carbocycles. The molecule has 1 unspecified atom stereocenters. The Morgan fingerprint density at radius 3 is 2.47 bits per heavy atom. The van der Waals surface area contributed by atoms with E-state index in [-0.39, 0.29) is 18.2 Å². The maximum Gasteiger partial charge on any atom is 0.251 e. The third-order valence-electron chi connectivity index (χ3n) is 2.55. The van der Waals surface area contributed by atoms with Gasteiger partial charge in [0.2, 0.25) is 0 Å². The lowest BCUT2D eigenvalue weighted by molar-refractivity contribution is 0.0469. The van der Waals surface area contributed by atoms with Gasteiger partial charge in [-0.25, -0.2) is 0 Å². The first-order chi connectivity index (χ1) is 7.94. The van der Waals surface area contributed by atoms with Crippen molar-refractivity contribution in [1.29, 1.82) is 0 Å². The number of amides is 1. The predicted molar refractivity (Wildman–Crippen MR) is 66.0 cm³/mol. The van der Waals surface area contributed by atoms with Crippen LogP contribution in [0.4, 0.5) is 0 Å². The van der Waals surface area contributed by atoms with E-state index in [1.807, 2.05) is 6.92 Å². The van der Waals surface area contributed by atoms with E-state index in [1.165, 1.54) is 12.1 Å². The zero-order chi connectivity index (χ0) is 12.9. The van der Waals surface area contributed by atoms with Crippen LogP contribution in [0.2, 0.25) is 0 Å². The summed E-state index contributed by atoms with van der Waals surface area (Å²) in [5, 5.41) is 21.7. The van der Waals surface area contributed by atoms with Gasteiger partial charge >= 0.3 is 0 Å². The van der Waals surface area contributed by atoms with Crippen LogP contribution in [-0.2, 0) is 0 Å². The van der Waals surface area contributed by atoms with Crippen LogP contribution in [0.1, 0.15) is 37.0 Å².